The molecule has 84 valence electrons. The van der Waals surface area contributed by atoms with E-state index in [9.17, 15) is 4.79 Å². The zero-order valence-corrected chi connectivity index (χ0v) is 9.75. The summed E-state index contributed by atoms with van der Waals surface area (Å²) >= 11 is 6.12. The minimum absolute atomic E-state index is 0.230. The molecule has 0 spiro atoms. The average molecular weight is 239 g/mol. The predicted molar refractivity (Wildman–Crippen MR) is 61.5 cm³/mol. The molecule has 16 heavy (non-hydrogen) atoms. The normalized spacial score (nSPS) is 10.9. The monoisotopic (exact) mass is 238 g/mol. The SMILES string of the molecule is CCn1nc(C)c2c(Cl)c(C(N)=O)cnc21. The van der Waals surface area contributed by atoms with E-state index in [2.05, 4.69) is 10.1 Å². The fraction of sp³-hybridized carbons (Fsp3) is 0.300. The van der Waals surface area contributed by atoms with Gasteiger partial charge in [-0.25, -0.2) is 9.67 Å². The molecule has 0 unspecified atom stereocenters. The number of carbonyl (C=O) groups excluding carboxylic acids is 1. The Morgan fingerprint density at radius 3 is 2.88 bits per heavy atom. The summed E-state index contributed by atoms with van der Waals surface area (Å²) in [6.07, 6.45) is 1.39. The smallest absolute Gasteiger partial charge is 0.251 e. The number of nitrogens with two attached hydrogens (primary N) is 1. The van der Waals surface area contributed by atoms with E-state index < -0.39 is 5.91 Å². The second-order valence-electron chi connectivity index (χ2n) is 3.45. The molecule has 2 aromatic heterocycles. The third-order valence-electron chi connectivity index (χ3n) is 2.44. The van der Waals surface area contributed by atoms with Crippen LogP contribution in [0.3, 0.4) is 0 Å². The van der Waals surface area contributed by atoms with E-state index in [0.717, 1.165) is 5.69 Å². The largest absolute Gasteiger partial charge is 0.366 e. The highest BCUT2D eigenvalue weighted by Crippen LogP contribution is 2.27. The van der Waals surface area contributed by atoms with Crippen LogP contribution in [-0.2, 0) is 6.54 Å². The lowest BCUT2D eigenvalue weighted by atomic mass is 10.2. The molecule has 0 fully saturated rings. The summed E-state index contributed by atoms with van der Waals surface area (Å²) < 4.78 is 1.74. The van der Waals surface area contributed by atoms with Gasteiger partial charge < -0.3 is 5.73 Å². The minimum atomic E-state index is -0.581. The number of aromatic nitrogens is 3. The van der Waals surface area contributed by atoms with Gasteiger partial charge in [0.1, 0.15) is 0 Å². The number of hydrogen-bond acceptors (Lipinski definition) is 3. The van der Waals surface area contributed by atoms with Gasteiger partial charge in [-0.05, 0) is 13.8 Å². The third-order valence-corrected chi connectivity index (χ3v) is 2.83. The van der Waals surface area contributed by atoms with Crippen molar-refractivity contribution < 1.29 is 4.79 Å². The van der Waals surface area contributed by atoms with E-state index in [0.29, 0.717) is 22.6 Å². The first-order chi connectivity index (χ1) is 7.56. The summed E-state index contributed by atoms with van der Waals surface area (Å²) in [5, 5.41) is 5.31. The number of pyridine rings is 1. The van der Waals surface area contributed by atoms with E-state index in [1.807, 2.05) is 13.8 Å². The molecule has 1 amide bonds. The van der Waals surface area contributed by atoms with Crippen molar-refractivity contribution >= 4 is 28.5 Å². The predicted octanol–water partition coefficient (Wildman–Crippen LogP) is 1.51. The molecule has 0 aliphatic heterocycles. The summed E-state index contributed by atoms with van der Waals surface area (Å²) in [5.74, 6) is -0.581. The van der Waals surface area contributed by atoms with Gasteiger partial charge in [0, 0.05) is 12.7 Å². The second kappa shape index (κ2) is 3.75. The van der Waals surface area contributed by atoms with Crippen LogP contribution in [0.5, 0.6) is 0 Å². The van der Waals surface area contributed by atoms with Crippen molar-refractivity contribution in [1.29, 1.82) is 0 Å². The first-order valence-electron chi connectivity index (χ1n) is 4.87. The van der Waals surface area contributed by atoms with E-state index in [-0.39, 0.29) is 5.56 Å². The molecule has 2 N–H and O–H groups in total. The fourth-order valence-electron chi connectivity index (χ4n) is 1.67. The summed E-state index contributed by atoms with van der Waals surface area (Å²) in [7, 11) is 0. The number of rotatable bonds is 2. The van der Waals surface area contributed by atoms with E-state index in [1.54, 1.807) is 4.68 Å². The number of carbonyl (C=O) groups is 1. The summed E-state index contributed by atoms with van der Waals surface area (Å²) in [6, 6.07) is 0. The van der Waals surface area contributed by atoms with Gasteiger partial charge in [-0.1, -0.05) is 11.6 Å². The molecule has 2 aromatic rings. The maximum absolute atomic E-state index is 11.1. The molecule has 0 aromatic carbocycles. The summed E-state index contributed by atoms with van der Waals surface area (Å²) in [5.41, 5.74) is 6.86. The summed E-state index contributed by atoms with van der Waals surface area (Å²) in [6.45, 7) is 4.49. The Morgan fingerprint density at radius 1 is 1.62 bits per heavy atom. The van der Waals surface area contributed by atoms with Crippen molar-refractivity contribution in [1.82, 2.24) is 14.8 Å². The zero-order chi connectivity index (χ0) is 11.9. The van der Waals surface area contributed by atoms with E-state index in [1.165, 1.54) is 6.20 Å². The van der Waals surface area contributed by atoms with Crippen LogP contribution in [0.25, 0.3) is 11.0 Å². The molecule has 0 aliphatic rings. The van der Waals surface area contributed by atoms with Gasteiger partial charge in [0.05, 0.1) is 21.7 Å². The molecule has 2 heterocycles. The van der Waals surface area contributed by atoms with Crippen molar-refractivity contribution in [3.8, 4) is 0 Å². The summed E-state index contributed by atoms with van der Waals surface area (Å²) in [4.78, 5) is 15.3. The van der Waals surface area contributed by atoms with Crippen LogP contribution < -0.4 is 5.73 Å². The Hall–Kier alpha value is -1.62. The molecular weight excluding hydrogens is 228 g/mol. The lowest BCUT2D eigenvalue weighted by Gasteiger charge is -2.01. The lowest BCUT2D eigenvalue weighted by Crippen LogP contribution is -2.12. The molecule has 0 bridgehead atoms. The van der Waals surface area contributed by atoms with Crippen molar-refractivity contribution in [2.45, 2.75) is 20.4 Å². The Labute approximate surface area is 97.2 Å². The topological polar surface area (TPSA) is 73.8 Å². The molecule has 0 atom stereocenters. The van der Waals surface area contributed by atoms with Gasteiger partial charge >= 0.3 is 0 Å². The van der Waals surface area contributed by atoms with Crippen LogP contribution in [0.15, 0.2) is 6.20 Å². The van der Waals surface area contributed by atoms with Gasteiger partial charge in [0.25, 0.3) is 5.91 Å². The highest BCUT2D eigenvalue weighted by Gasteiger charge is 2.16. The highest BCUT2D eigenvalue weighted by atomic mass is 35.5. The van der Waals surface area contributed by atoms with Gasteiger partial charge in [-0.2, -0.15) is 5.10 Å². The molecule has 2 rings (SSSR count). The molecular formula is C10H11ClN4O. The standard InChI is InChI=1S/C10H11ClN4O/c1-3-15-10-7(5(2)14-15)8(11)6(4-13-10)9(12)16/h4H,3H2,1-2H3,(H2,12,16). The fourth-order valence-corrected chi connectivity index (χ4v) is 2.03. The second-order valence-corrected chi connectivity index (χ2v) is 3.83. The van der Waals surface area contributed by atoms with E-state index >= 15 is 0 Å². The molecule has 5 nitrogen and oxygen atoms in total. The Kier molecular flexibility index (Phi) is 2.55. The third kappa shape index (κ3) is 1.44. The van der Waals surface area contributed by atoms with Crippen LogP contribution >= 0.6 is 11.6 Å². The Morgan fingerprint density at radius 2 is 2.31 bits per heavy atom. The quantitative estimate of drug-likeness (QED) is 0.862. The van der Waals surface area contributed by atoms with Crippen molar-refractivity contribution in [2.75, 3.05) is 0 Å². The number of fused-ring (bicyclic) bond motifs is 1. The van der Waals surface area contributed by atoms with Gasteiger partial charge in [0.15, 0.2) is 5.65 Å². The maximum atomic E-state index is 11.1. The van der Waals surface area contributed by atoms with Crippen LogP contribution in [-0.4, -0.2) is 20.7 Å². The van der Waals surface area contributed by atoms with E-state index in [4.69, 9.17) is 17.3 Å². The number of halogens is 1. The van der Waals surface area contributed by atoms with Crippen molar-refractivity contribution in [2.24, 2.45) is 5.73 Å². The molecule has 0 radical (unpaired) electrons. The molecule has 0 aliphatic carbocycles. The molecule has 0 saturated heterocycles. The zero-order valence-electron chi connectivity index (χ0n) is 8.99. The van der Waals surface area contributed by atoms with Crippen LogP contribution in [0.4, 0.5) is 0 Å². The highest BCUT2D eigenvalue weighted by molar-refractivity contribution is 6.38. The van der Waals surface area contributed by atoms with Crippen molar-refractivity contribution in [3.63, 3.8) is 0 Å². The van der Waals surface area contributed by atoms with Gasteiger partial charge in [-0.15, -0.1) is 0 Å². The van der Waals surface area contributed by atoms with Gasteiger partial charge in [0.2, 0.25) is 0 Å². The first kappa shape index (κ1) is 10.9. The minimum Gasteiger partial charge on any atom is -0.366 e. The Balaban J connectivity index is 2.84. The lowest BCUT2D eigenvalue weighted by molar-refractivity contribution is 0.100. The molecule has 6 heteroatoms. The average Bonchev–Trinajstić information content (AvgIpc) is 2.56. The maximum Gasteiger partial charge on any atom is 0.251 e. The number of nitrogens with zero attached hydrogens (tertiary/aromatic N) is 3. The number of aryl methyl sites for hydroxylation is 2. The number of primary amides is 1. The van der Waals surface area contributed by atoms with Crippen LogP contribution in [0, 0.1) is 6.92 Å². The first-order valence-corrected chi connectivity index (χ1v) is 5.25. The van der Waals surface area contributed by atoms with Crippen LogP contribution in [0.1, 0.15) is 23.0 Å². The number of hydrogen-bond donors (Lipinski definition) is 1. The number of amides is 1. The van der Waals surface area contributed by atoms with Gasteiger partial charge in [-0.3, -0.25) is 4.79 Å². The Bertz CT molecular complexity index is 576. The molecule has 0 saturated carbocycles. The van der Waals surface area contributed by atoms with Crippen LogP contribution in [0.2, 0.25) is 5.02 Å². The van der Waals surface area contributed by atoms with Crippen molar-refractivity contribution in [3.05, 3.63) is 22.5 Å².